The Morgan fingerprint density at radius 1 is 1.25 bits per heavy atom. The van der Waals surface area contributed by atoms with Gasteiger partial charge in [-0.25, -0.2) is 4.98 Å². The van der Waals surface area contributed by atoms with E-state index in [4.69, 9.17) is 4.74 Å². The van der Waals surface area contributed by atoms with E-state index >= 15 is 0 Å². The number of halogens is 3. The third-order valence-electron chi connectivity index (χ3n) is 3.88. The van der Waals surface area contributed by atoms with E-state index in [1.807, 2.05) is 24.6 Å². The zero-order valence-corrected chi connectivity index (χ0v) is 16.2. The van der Waals surface area contributed by atoms with E-state index in [-0.39, 0.29) is 13.2 Å². The molecule has 0 amide bonds. The molecule has 0 aliphatic carbocycles. The van der Waals surface area contributed by atoms with Crippen LogP contribution in [-0.4, -0.2) is 47.5 Å². The van der Waals surface area contributed by atoms with Crippen molar-refractivity contribution in [2.45, 2.75) is 33.0 Å². The maximum absolute atomic E-state index is 12.9. The number of hydrogen-bond donors (Lipinski definition) is 2. The summed E-state index contributed by atoms with van der Waals surface area (Å²) in [5.41, 5.74) is 1.22. The SMILES string of the molecule is CN=C(NCCCn1nc(C)cc1C)NCCOc1ncccc1C(F)(F)F. The lowest BCUT2D eigenvalue weighted by Crippen LogP contribution is -2.40. The van der Waals surface area contributed by atoms with Crippen LogP contribution < -0.4 is 15.4 Å². The first-order valence-electron chi connectivity index (χ1n) is 8.92. The number of aryl methyl sites for hydroxylation is 3. The highest BCUT2D eigenvalue weighted by atomic mass is 19.4. The van der Waals surface area contributed by atoms with Gasteiger partial charge >= 0.3 is 6.18 Å². The Bertz CT molecular complexity index is 788. The van der Waals surface area contributed by atoms with Crippen LogP contribution in [-0.2, 0) is 12.7 Å². The Hall–Kier alpha value is -2.78. The minimum absolute atomic E-state index is 0.0204. The number of alkyl halides is 3. The van der Waals surface area contributed by atoms with Gasteiger partial charge in [0.05, 0.1) is 12.2 Å². The Kier molecular flexibility index (Phi) is 7.65. The monoisotopic (exact) mass is 398 g/mol. The number of nitrogens with one attached hydrogen (secondary N) is 2. The molecule has 0 fully saturated rings. The summed E-state index contributed by atoms with van der Waals surface area (Å²) < 4.78 is 45.8. The number of guanidine groups is 1. The molecule has 0 aliphatic rings. The molecular formula is C18H25F3N6O. The van der Waals surface area contributed by atoms with Gasteiger partial charge < -0.3 is 15.4 Å². The maximum Gasteiger partial charge on any atom is 0.421 e. The lowest BCUT2D eigenvalue weighted by Gasteiger charge is -2.14. The van der Waals surface area contributed by atoms with Crippen LogP contribution in [0.1, 0.15) is 23.4 Å². The zero-order valence-electron chi connectivity index (χ0n) is 16.2. The van der Waals surface area contributed by atoms with Crippen molar-refractivity contribution in [1.82, 2.24) is 25.4 Å². The Labute approximate surface area is 162 Å². The van der Waals surface area contributed by atoms with E-state index in [0.717, 1.165) is 30.4 Å². The second kappa shape index (κ2) is 9.95. The van der Waals surface area contributed by atoms with Crippen molar-refractivity contribution in [3.8, 4) is 5.88 Å². The van der Waals surface area contributed by atoms with Crippen molar-refractivity contribution >= 4 is 5.96 Å². The zero-order chi connectivity index (χ0) is 20.6. The molecule has 2 heterocycles. The second-order valence-corrected chi connectivity index (χ2v) is 6.13. The van der Waals surface area contributed by atoms with Crippen molar-refractivity contribution in [3.05, 3.63) is 41.3 Å². The van der Waals surface area contributed by atoms with Gasteiger partial charge in [0.15, 0.2) is 5.96 Å². The number of nitrogens with zero attached hydrogens (tertiary/aromatic N) is 4. The standard InChI is InChI=1S/C18H25F3N6O/c1-13-12-14(2)27(26-13)10-5-8-24-17(22-3)25-9-11-28-16-15(18(19,20)21)6-4-7-23-16/h4,6-7,12H,5,8-11H2,1-3H3,(H2,22,24,25). The molecule has 28 heavy (non-hydrogen) atoms. The average molecular weight is 398 g/mol. The molecule has 154 valence electrons. The molecule has 2 rings (SSSR count). The van der Waals surface area contributed by atoms with Crippen molar-refractivity contribution < 1.29 is 17.9 Å². The minimum atomic E-state index is -4.50. The number of ether oxygens (including phenoxy) is 1. The lowest BCUT2D eigenvalue weighted by molar-refractivity contribution is -0.139. The Morgan fingerprint density at radius 2 is 2.00 bits per heavy atom. The van der Waals surface area contributed by atoms with Crippen molar-refractivity contribution in [3.63, 3.8) is 0 Å². The lowest BCUT2D eigenvalue weighted by atomic mass is 10.2. The molecule has 0 aliphatic heterocycles. The number of pyridine rings is 1. The largest absolute Gasteiger partial charge is 0.475 e. The van der Waals surface area contributed by atoms with Gasteiger partial charge in [0.2, 0.25) is 5.88 Å². The summed E-state index contributed by atoms with van der Waals surface area (Å²) in [6.45, 7) is 5.74. The van der Waals surface area contributed by atoms with E-state index in [0.29, 0.717) is 12.5 Å². The van der Waals surface area contributed by atoms with Crippen LogP contribution in [0.4, 0.5) is 13.2 Å². The van der Waals surface area contributed by atoms with Gasteiger partial charge in [0, 0.05) is 32.0 Å². The topological polar surface area (TPSA) is 76.4 Å². The summed E-state index contributed by atoms with van der Waals surface area (Å²) in [4.78, 5) is 7.73. The molecule has 0 saturated carbocycles. The molecule has 2 aromatic heterocycles. The first-order valence-corrected chi connectivity index (χ1v) is 8.92. The smallest absolute Gasteiger partial charge is 0.421 e. The van der Waals surface area contributed by atoms with Crippen LogP contribution in [0.3, 0.4) is 0 Å². The summed E-state index contributed by atoms with van der Waals surface area (Å²) in [6.07, 6.45) is -2.39. The van der Waals surface area contributed by atoms with Crippen LogP contribution in [0.15, 0.2) is 29.4 Å². The molecule has 0 spiro atoms. The summed E-state index contributed by atoms with van der Waals surface area (Å²) in [5.74, 6) is 0.124. The fourth-order valence-corrected chi connectivity index (χ4v) is 2.60. The summed E-state index contributed by atoms with van der Waals surface area (Å²) in [7, 11) is 1.62. The first kappa shape index (κ1) is 21.5. The number of aromatic nitrogens is 3. The van der Waals surface area contributed by atoms with Gasteiger partial charge in [-0.05, 0) is 38.5 Å². The number of hydrogen-bond acceptors (Lipinski definition) is 4. The van der Waals surface area contributed by atoms with Gasteiger partial charge in [-0.15, -0.1) is 0 Å². The Balaban J connectivity index is 1.70. The van der Waals surface area contributed by atoms with E-state index in [1.54, 1.807) is 7.05 Å². The minimum Gasteiger partial charge on any atom is -0.475 e. The third kappa shape index (κ3) is 6.43. The quantitative estimate of drug-likeness (QED) is 0.406. The van der Waals surface area contributed by atoms with E-state index in [2.05, 4.69) is 25.7 Å². The highest BCUT2D eigenvalue weighted by Gasteiger charge is 2.34. The highest BCUT2D eigenvalue weighted by molar-refractivity contribution is 5.79. The molecule has 10 heteroatoms. The molecule has 7 nitrogen and oxygen atoms in total. The fraction of sp³-hybridized carbons (Fsp3) is 0.500. The van der Waals surface area contributed by atoms with Crippen LogP contribution in [0.25, 0.3) is 0 Å². The second-order valence-electron chi connectivity index (χ2n) is 6.13. The predicted octanol–water partition coefficient (Wildman–Crippen LogP) is 2.55. The molecule has 0 bridgehead atoms. The summed E-state index contributed by atoms with van der Waals surface area (Å²) in [6, 6.07) is 4.20. The van der Waals surface area contributed by atoms with Gasteiger partial charge in [-0.1, -0.05) is 0 Å². The van der Waals surface area contributed by atoms with Crippen molar-refractivity contribution in [1.29, 1.82) is 0 Å². The molecule has 2 aromatic rings. The third-order valence-corrected chi connectivity index (χ3v) is 3.88. The van der Waals surface area contributed by atoms with Crippen LogP contribution in [0, 0.1) is 13.8 Å². The van der Waals surface area contributed by atoms with Crippen molar-refractivity contribution in [2.24, 2.45) is 4.99 Å². The molecule has 0 radical (unpaired) electrons. The van der Waals surface area contributed by atoms with Gasteiger partial charge in [0.25, 0.3) is 0 Å². The average Bonchev–Trinajstić information content (AvgIpc) is 2.97. The van der Waals surface area contributed by atoms with Crippen LogP contribution in [0.2, 0.25) is 0 Å². The summed E-state index contributed by atoms with van der Waals surface area (Å²) in [5, 5.41) is 10.5. The molecule has 0 saturated heterocycles. The van der Waals surface area contributed by atoms with E-state index < -0.39 is 17.6 Å². The maximum atomic E-state index is 12.9. The summed E-state index contributed by atoms with van der Waals surface area (Å²) >= 11 is 0. The van der Waals surface area contributed by atoms with Crippen LogP contribution in [0.5, 0.6) is 5.88 Å². The van der Waals surface area contributed by atoms with Gasteiger partial charge in [-0.2, -0.15) is 18.3 Å². The highest BCUT2D eigenvalue weighted by Crippen LogP contribution is 2.34. The number of aliphatic imine (C=N–C) groups is 1. The Morgan fingerprint density at radius 3 is 2.64 bits per heavy atom. The molecule has 0 atom stereocenters. The molecule has 2 N–H and O–H groups in total. The first-order chi connectivity index (χ1) is 13.3. The van der Waals surface area contributed by atoms with E-state index in [1.165, 1.54) is 12.3 Å². The molecule has 0 aromatic carbocycles. The van der Waals surface area contributed by atoms with Gasteiger partial charge in [0.1, 0.15) is 12.2 Å². The van der Waals surface area contributed by atoms with Gasteiger partial charge in [-0.3, -0.25) is 9.67 Å². The fourth-order valence-electron chi connectivity index (χ4n) is 2.60. The van der Waals surface area contributed by atoms with Crippen molar-refractivity contribution in [2.75, 3.05) is 26.7 Å². The van der Waals surface area contributed by atoms with E-state index in [9.17, 15) is 13.2 Å². The molecule has 0 unspecified atom stereocenters. The molecular weight excluding hydrogens is 373 g/mol. The normalized spacial score (nSPS) is 12.1. The number of rotatable bonds is 8. The predicted molar refractivity (Wildman–Crippen MR) is 100 cm³/mol. The van der Waals surface area contributed by atoms with Crippen LogP contribution >= 0.6 is 0 Å².